The van der Waals surface area contributed by atoms with Gasteiger partial charge in [-0.2, -0.15) is 0 Å². The normalized spacial score (nSPS) is 10.7. The van der Waals surface area contributed by atoms with E-state index in [1.165, 1.54) is 6.08 Å². The van der Waals surface area contributed by atoms with Crippen molar-refractivity contribution in [2.24, 2.45) is 5.16 Å². The molecule has 0 aromatic heterocycles. The summed E-state index contributed by atoms with van der Waals surface area (Å²) in [5, 5.41) is 4.52. The Morgan fingerprint density at radius 2 is 1.60 bits per heavy atom. The molecule has 0 spiro atoms. The summed E-state index contributed by atoms with van der Waals surface area (Å²) < 4.78 is 17.0. The Hall–Kier alpha value is -1.79. The zero-order valence-corrected chi connectivity index (χ0v) is 19.3. The van der Waals surface area contributed by atoms with Crippen molar-refractivity contribution in [1.82, 2.24) is 0 Å². The van der Waals surface area contributed by atoms with Gasteiger partial charge in [-0.1, -0.05) is 51.6 Å². The molecule has 0 aliphatic rings. The molecule has 0 aliphatic carbocycles. The molecular weight excluding hydrogens is 472 g/mol. The third-order valence-corrected chi connectivity index (χ3v) is 4.42. The smallest absolute Gasteiger partial charge is 0.156 e. The monoisotopic (exact) mass is 491 g/mol. The summed E-state index contributed by atoms with van der Waals surface area (Å²) in [5.74, 6) is 1.64. The van der Waals surface area contributed by atoms with E-state index < -0.39 is 0 Å². The van der Waals surface area contributed by atoms with Gasteiger partial charge in [0.05, 0.1) is 29.5 Å². The lowest BCUT2D eigenvalue weighted by atomic mass is 10.2. The SMILES string of the molecule is CCON=Cc1ccc(OCCCOc2c(Cl)cc(OCC=C(Cl)Cl)cc2Cl)cc1. The zero-order chi connectivity index (χ0) is 21.8. The molecule has 9 heteroatoms. The summed E-state index contributed by atoms with van der Waals surface area (Å²) in [6.45, 7) is 3.49. The first-order valence-corrected chi connectivity index (χ1v) is 10.6. The predicted octanol–water partition coefficient (Wildman–Crippen LogP) is 6.91. The lowest BCUT2D eigenvalue weighted by Gasteiger charge is -2.12. The van der Waals surface area contributed by atoms with Crippen LogP contribution >= 0.6 is 46.4 Å². The van der Waals surface area contributed by atoms with Crippen LogP contribution in [0.25, 0.3) is 0 Å². The van der Waals surface area contributed by atoms with Gasteiger partial charge in [0.2, 0.25) is 0 Å². The van der Waals surface area contributed by atoms with Crippen LogP contribution in [0.15, 0.2) is 52.1 Å². The van der Waals surface area contributed by atoms with Gasteiger partial charge < -0.3 is 19.0 Å². The first-order chi connectivity index (χ1) is 14.5. The Kier molecular flexibility index (Phi) is 11.0. The molecule has 2 aromatic rings. The Balaban J connectivity index is 1.75. The molecule has 0 saturated carbocycles. The van der Waals surface area contributed by atoms with Crippen LogP contribution in [0.5, 0.6) is 17.2 Å². The van der Waals surface area contributed by atoms with E-state index in [4.69, 9.17) is 65.5 Å². The average molecular weight is 493 g/mol. The van der Waals surface area contributed by atoms with Gasteiger partial charge >= 0.3 is 0 Å². The molecule has 0 radical (unpaired) electrons. The Morgan fingerprint density at radius 1 is 0.933 bits per heavy atom. The molecule has 0 N–H and O–H groups in total. The second-order valence-corrected chi connectivity index (χ2v) is 7.61. The van der Waals surface area contributed by atoms with Gasteiger partial charge in [-0.25, -0.2) is 0 Å². The molecular formula is C21H21Cl4NO4. The highest BCUT2D eigenvalue weighted by Gasteiger charge is 2.10. The van der Waals surface area contributed by atoms with Gasteiger partial charge in [0.25, 0.3) is 0 Å². The van der Waals surface area contributed by atoms with Crippen LogP contribution in [0.4, 0.5) is 0 Å². The van der Waals surface area contributed by atoms with Crippen LogP contribution in [-0.2, 0) is 4.84 Å². The highest BCUT2D eigenvalue weighted by molar-refractivity contribution is 6.55. The van der Waals surface area contributed by atoms with Crippen molar-refractivity contribution < 1.29 is 19.0 Å². The van der Waals surface area contributed by atoms with Crippen LogP contribution in [0, 0.1) is 0 Å². The molecule has 0 heterocycles. The second-order valence-electron chi connectivity index (χ2n) is 5.79. The largest absolute Gasteiger partial charge is 0.493 e. The van der Waals surface area contributed by atoms with Crippen molar-refractivity contribution in [3.05, 3.63) is 62.6 Å². The van der Waals surface area contributed by atoms with E-state index in [1.54, 1.807) is 18.3 Å². The number of oxime groups is 1. The fourth-order valence-electron chi connectivity index (χ4n) is 2.20. The van der Waals surface area contributed by atoms with Crippen LogP contribution in [-0.4, -0.2) is 32.6 Å². The summed E-state index contributed by atoms with van der Waals surface area (Å²) in [4.78, 5) is 4.93. The number of benzene rings is 2. The minimum atomic E-state index is 0.126. The van der Waals surface area contributed by atoms with Crippen molar-refractivity contribution in [1.29, 1.82) is 0 Å². The summed E-state index contributed by atoms with van der Waals surface area (Å²) in [6.07, 6.45) is 3.81. The van der Waals surface area contributed by atoms with Gasteiger partial charge in [-0.3, -0.25) is 0 Å². The Bertz CT molecular complexity index is 830. The van der Waals surface area contributed by atoms with E-state index >= 15 is 0 Å². The maximum absolute atomic E-state index is 6.24. The maximum atomic E-state index is 6.24. The van der Waals surface area contributed by atoms with Crippen molar-refractivity contribution >= 4 is 52.6 Å². The fourth-order valence-corrected chi connectivity index (χ4v) is 2.91. The Morgan fingerprint density at radius 3 is 2.23 bits per heavy atom. The molecule has 0 fully saturated rings. The highest BCUT2D eigenvalue weighted by Crippen LogP contribution is 2.37. The van der Waals surface area contributed by atoms with Crippen molar-refractivity contribution in [3.8, 4) is 17.2 Å². The van der Waals surface area contributed by atoms with Crippen molar-refractivity contribution in [3.63, 3.8) is 0 Å². The first kappa shape index (κ1) is 24.5. The van der Waals surface area contributed by atoms with Gasteiger partial charge in [-0.15, -0.1) is 0 Å². The highest BCUT2D eigenvalue weighted by atomic mass is 35.5. The van der Waals surface area contributed by atoms with Gasteiger partial charge in [0.1, 0.15) is 29.2 Å². The van der Waals surface area contributed by atoms with Gasteiger partial charge in [-0.05, 0) is 42.8 Å². The summed E-state index contributed by atoms with van der Waals surface area (Å²) >= 11 is 23.6. The molecule has 0 amide bonds. The van der Waals surface area contributed by atoms with E-state index in [0.29, 0.717) is 47.8 Å². The standard InChI is InChI=1S/C21H21Cl4NO4/c1-2-30-26-14-15-4-6-16(7-5-15)27-9-3-10-29-21-18(22)12-17(13-19(21)23)28-11-8-20(24)25/h4-8,12-14H,2-3,9-11H2,1H3. The molecule has 0 aliphatic heterocycles. The molecule has 0 saturated heterocycles. The third-order valence-electron chi connectivity index (χ3n) is 3.55. The zero-order valence-electron chi connectivity index (χ0n) is 16.2. The van der Waals surface area contributed by atoms with Crippen molar-refractivity contribution in [2.45, 2.75) is 13.3 Å². The minimum Gasteiger partial charge on any atom is -0.493 e. The van der Waals surface area contributed by atoms with E-state index in [-0.39, 0.29) is 11.1 Å². The molecule has 30 heavy (non-hydrogen) atoms. The third kappa shape index (κ3) is 8.92. The summed E-state index contributed by atoms with van der Waals surface area (Å²) in [7, 11) is 0. The van der Waals surface area contributed by atoms with Crippen LogP contribution in [0.2, 0.25) is 10.0 Å². The molecule has 2 aromatic carbocycles. The average Bonchev–Trinajstić information content (AvgIpc) is 2.70. The van der Waals surface area contributed by atoms with E-state index in [9.17, 15) is 0 Å². The van der Waals surface area contributed by atoms with E-state index in [2.05, 4.69) is 5.16 Å². The lowest BCUT2D eigenvalue weighted by molar-refractivity contribution is 0.160. The number of halogens is 4. The second kappa shape index (κ2) is 13.5. The van der Waals surface area contributed by atoms with E-state index in [0.717, 1.165) is 11.3 Å². The molecule has 162 valence electrons. The molecule has 0 unspecified atom stereocenters. The molecule has 2 rings (SSSR count). The minimum absolute atomic E-state index is 0.126. The molecule has 0 bridgehead atoms. The molecule has 5 nitrogen and oxygen atoms in total. The first-order valence-electron chi connectivity index (χ1n) is 9.13. The van der Waals surface area contributed by atoms with Crippen LogP contribution in [0.3, 0.4) is 0 Å². The number of nitrogens with zero attached hydrogens (tertiary/aromatic N) is 1. The number of hydrogen-bond acceptors (Lipinski definition) is 5. The quantitative estimate of drug-likeness (QED) is 0.183. The van der Waals surface area contributed by atoms with Crippen molar-refractivity contribution in [2.75, 3.05) is 26.4 Å². The van der Waals surface area contributed by atoms with Crippen LogP contribution < -0.4 is 14.2 Å². The number of ether oxygens (including phenoxy) is 3. The van der Waals surface area contributed by atoms with Gasteiger partial charge in [0, 0.05) is 18.6 Å². The maximum Gasteiger partial charge on any atom is 0.156 e. The predicted molar refractivity (Wildman–Crippen MR) is 123 cm³/mol. The van der Waals surface area contributed by atoms with Gasteiger partial charge in [0.15, 0.2) is 5.75 Å². The fraction of sp³-hybridized carbons (Fsp3) is 0.286. The summed E-state index contributed by atoms with van der Waals surface area (Å²) in [6, 6.07) is 10.8. The number of rotatable bonds is 12. The summed E-state index contributed by atoms with van der Waals surface area (Å²) in [5.41, 5.74) is 0.928. The van der Waals surface area contributed by atoms with E-state index in [1.807, 2.05) is 31.2 Å². The lowest BCUT2D eigenvalue weighted by Crippen LogP contribution is -2.05. The van der Waals surface area contributed by atoms with Crippen LogP contribution in [0.1, 0.15) is 18.9 Å². The topological polar surface area (TPSA) is 49.3 Å². The Labute approximate surface area is 196 Å². The number of hydrogen-bond donors (Lipinski definition) is 0. The molecule has 0 atom stereocenters.